The molecular weight excluding hydrogens is 262 g/mol. The minimum atomic E-state index is -1.05. The molecule has 0 spiro atoms. The van der Waals surface area contributed by atoms with Crippen molar-refractivity contribution in [3.05, 3.63) is 27.7 Å². The monoisotopic (exact) mass is 273 g/mol. The second-order valence-corrected chi connectivity index (χ2v) is 4.02. The van der Waals surface area contributed by atoms with E-state index in [0.29, 0.717) is 15.8 Å². The van der Waals surface area contributed by atoms with Crippen LogP contribution in [0.5, 0.6) is 5.75 Å². The molecule has 0 radical (unpaired) electrons. The van der Waals surface area contributed by atoms with Gasteiger partial charge in [0, 0.05) is 0 Å². The molecule has 0 saturated carbocycles. The molecule has 3 N–H and O–H groups in total. The van der Waals surface area contributed by atoms with Gasteiger partial charge in [-0.2, -0.15) is 0 Å². The number of carboxylic acids is 1. The Kier molecular flexibility index (Phi) is 3.71. The van der Waals surface area contributed by atoms with E-state index >= 15 is 0 Å². The SMILES string of the molecule is COc1c(C)cc(C(N)C(=O)O)cc1Br. The van der Waals surface area contributed by atoms with Crippen molar-refractivity contribution in [2.75, 3.05) is 7.11 Å². The summed E-state index contributed by atoms with van der Waals surface area (Å²) in [5.41, 5.74) is 6.90. The molecule has 1 atom stereocenters. The van der Waals surface area contributed by atoms with E-state index in [9.17, 15) is 4.79 Å². The van der Waals surface area contributed by atoms with Crippen LogP contribution < -0.4 is 10.5 Å². The van der Waals surface area contributed by atoms with Crippen LogP contribution in [-0.2, 0) is 4.79 Å². The van der Waals surface area contributed by atoms with Crippen molar-refractivity contribution in [3.8, 4) is 5.75 Å². The fraction of sp³-hybridized carbons (Fsp3) is 0.300. The molecule has 4 nitrogen and oxygen atoms in total. The lowest BCUT2D eigenvalue weighted by Gasteiger charge is -2.12. The summed E-state index contributed by atoms with van der Waals surface area (Å²) >= 11 is 3.30. The van der Waals surface area contributed by atoms with Crippen molar-refractivity contribution in [2.24, 2.45) is 5.73 Å². The topological polar surface area (TPSA) is 72.5 Å². The molecule has 0 bridgehead atoms. The first-order chi connectivity index (χ1) is 6.97. The Bertz CT molecular complexity index is 369. The molecule has 0 aliphatic carbocycles. The zero-order chi connectivity index (χ0) is 11.6. The van der Waals surface area contributed by atoms with E-state index in [4.69, 9.17) is 15.6 Å². The molecule has 0 saturated heterocycles. The Balaban J connectivity index is 3.19. The fourth-order valence-electron chi connectivity index (χ4n) is 1.34. The lowest BCUT2D eigenvalue weighted by molar-refractivity contribution is -0.138. The van der Waals surface area contributed by atoms with Crippen LogP contribution in [0.15, 0.2) is 16.6 Å². The van der Waals surface area contributed by atoms with E-state index in [2.05, 4.69) is 15.9 Å². The predicted molar refractivity (Wildman–Crippen MR) is 60.0 cm³/mol. The third-order valence-corrected chi connectivity index (χ3v) is 2.67. The standard InChI is InChI=1S/C10H12BrNO3/c1-5-3-6(8(12)10(13)14)4-7(11)9(5)15-2/h3-4,8H,12H2,1-2H3,(H,13,14). The maximum absolute atomic E-state index is 10.7. The number of ether oxygens (including phenoxy) is 1. The smallest absolute Gasteiger partial charge is 0.325 e. The maximum Gasteiger partial charge on any atom is 0.325 e. The number of nitrogens with two attached hydrogens (primary N) is 1. The number of carboxylic acid groups (broad SMARTS) is 1. The first-order valence-electron chi connectivity index (χ1n) is 4.29. The summed E-state index contributed by atoms with van der Waals surface area (Å²) in [6.07, 6.45) is 0. The molecule has 1 rings (SSSR count). The molecular formula is C10H12BrNO3. The number of aryl methyl sites for hydroxylation is 1. The summed E-state index contributed by atoms with van der Waals surface area (Å²) in [6, 6.07) is 2.36. The fourth-order valence-corrected chi connectivity index (χ4v) is 2.08. The summed E-state index contributed by atoms with van der Waals surface area (Å²) in [7, 11) is 1.56. The van der Waals surface area contributed by atoms with Crippen molar-refractivity contribution in [1.82, 2.24) is 0 Å². The van der Waals surface area contributed by atoms with Crippen molar-refractivity contribution < 1.29 is 14.6 Å². The van der Waals surface area contributed by atoms with Gasteiger partial charge in [-0.3, -0.25) is 4.79 Å². The van der Waals surface area contributed by atoms with Gasteiger partial charge in [-0.15, -0.1) is 0 Å². The molecule has 0 aliphatic heterocycles. The zero-order valence-electron chi connectivity index (χ0n) is 8.45. The van der Waals surface area contributed by atoms with Crippen LogP contribution >= 0.6 is 15.9 Å². The third-order valence-electron chi connectivity index (χ3n) is 2.08. The Labute approximate surface area is 96.2 Å². The van der Waals surface area contributed by atoms with Gasteiger partial charge >= 0.3 is 5.97 Å². The summed E-state index contributed by atoms with van der Waals surface area (Å²) in [6.45, 7) is 1.83. The number of hydrogen-bond donors (Lipinski definition) is 2. The highest BCUT2D eigenvalue weighted by Gasteiger charge is 2.17. The first-order valence-corrected chi connectivity index (χ1v) is 5.09. The van der Waals surface area contributed by atoms with Crippen molar-refractivity contribution in [1.29, 1.82) is 0 Å². The minimum absolute atomic E-state index is 0.549. The Morgan fingerprint density at radius 1 is 1.60 bits per heavy atom. The van der Waals surface area contributed by atoms with Gasteiger partial charge in [0.15, 0.2) is 0 Å². The van der Waals surface area contributed by atoms with Gasteiger partial charge < -0.3 is 15.6 Å². The Morgan fingerprint density at radius 2 is 2.20 bits per heavy atom. The van der Waals surface area contributed by atoms with Crippen LogP contribution in [0, 0.1) is 6.92 Å². The van der Waals surface area contributed by atoms with E-state index in [0.717, 1.165) is 5.56 Å². The predicted octanol–water partition coefficient (Wildman–Crippen LogP) is 1.85. The summed E-state index contributed by atoms with van der Waals surface area (Å²) in [5.74, 6) is -0.359. The molecule has 82 valence electrons. The molecule has 5 heteroatoms. The van der Waals surface area contributed by atoms with E-state index in [1.165, 1.54) is 0 Å². The van der Waals surface area contributed by atoms with E-state index in [1.807, 2.05) is 6.92 Å². The lowest BCUT2D eigenvalue weighted by Crippen LogP contribution is -2.20. The molecule has 1 unspecified atom stereocenters. The number of benzene rings is 1. The molecule has 0 heterocycles. The Hall–Kier alpha value is -1.07. The van der Waals surface area contributed by atoms with Gasteiger partial charge in [0.05, 0.1) is 11.6 Å². The highest BCUT2D eigenvalue weighted by molar-refractivity contribution is 9.10. The minimum Gasteiger partial charge on any atom is -0.495 e. The normalized spacial score (nSPS) is 12.3. The number of carbonyl (C=O) groups is 1. The second-order valence-electron chi connectivity index (χ2n) is 3.17. The van der Waals surface area contributed by atoms with Gasteiger partial charge in [-0.25, -0.2) is 0 Å². The van der Waals surface area contributed by atoms with Gasteiger partial charge in [-0.05, 0) is 40.0 Å². The van der Waals surface area contributed by atoms with Crippen LogP contribution in [0.4, 0.5) is 0 Å². The van der Waals surface area contributed by atoms with Gasteiger partial charge in [-0.1, -0.05) is 6.07 Å². The molecule has 0 aromatic heterocycles. The average Bonchev–Trinajstić information content (AvgIpc) is 2.15. The second kappa shape index (κ2) is 4.63. The van der Waals surface area contributed by atoms with E-state index in [-0.39, 0.29) is 0 Å². The number of rotatable bonds is 3. The summed E-state index contributed by atoms with van der Waals surface area (Å²) in [5, 5.41) is 8.77. The first kappa shape index (κ1) is 12.0. The third kappa shape index (κ3) is 2.49. The van der Waals surface area contributed by atoms with E-state index in [1.54, 1.807) is 19.2 Å². The molecule has 0 aliphatic rings. The highest BCUT2D eigenvalue weighted by atomic mass is 79.9. The van der Waals surface area contributed by atoms with Crippen LogP contribution in [0.2, 0.25) is 0 Å². The molecule has 0 amide bonds. The Morgan fingerprint density at radius 3 is 2.60 bits per heavy atom. The van der Waals surface area contributed by atoms with Crippen molar-refractivity contribution >= 4 is 21.9 Å². The van der Waals surface area contributed by atoms with Crippen molar-refractivity contribution in [2.45, 2.75) is 13.0 Å². The largest absolute Gasteiger partial charge is 0.495 e. The van der Waals surface area contributed by atoms with Gasteiger partial charge in [0.25, 0.3) is 0 Å². The lowest BCUT2D eigenvalue weighted by atomic mass is 10.0. The van der Waals surface area contributed by atoms with Crippen LogP contribution in [0.1, 0.15) is 17.2 Å². The quantitative estimate of drug-likeness (QED) is 0.882. The summed E-state index contributed by atoms with van der Waals surface area (Å²) < 4.78 is 5.84. The van der Waals surface area contributed by atoms with Crippen molar-refractivity contribution in [3.63, 3.8) is 0 Å². The summed E-state index contributed by atoms with van der Waals surface area (Å²) in [4.78, 5) is 10.7. The maximum atomic E-state index is 10.7. The molecule has 1 aromatic rings. The number of halogens is 1. The average molecular weight is 274 g/mol. The number of methoxy groups -OCH3 is 1. The van der Waals surface area contributed by atoms with Gasteiger partial charge in [0.1, 0.15) is 11.8 Å². The number of aliphatic carboxylic acids is 1. The highest BCUT2D eigenvalue weighted by Crippen LogP contribution is 2.31. The van der Waals surface area contributed by atoms with Crippen LogP contribution in [0.3, 0.4) is 0 Å². The number of hydrogen-bond acceptors (Lipinski definition) is 3. The van der Waals surface area contributed by atoms with Gasteiger partial charge in [0.2, 0.25) is 0 Å². The molecule has 0 fully saturated rings. The van der Waals surface area contributed by atoms with Crippen LogP contribution in [-0.4, -0.2) is 18.2 Å². The molecule has 1 aromatic carbocycles. The molecule has 15 heavy (non-hydrogen) atoms. The van der Waals surface area contributed by atoms with Crippen LogP contribution in [0.25, 0.3) is 0 Å². The van der Waals surface area contributed by atoms with E-state index < -0.39 is 12.0 Å². The zero-order valence-corrected chi connectivity index (χ0v) is 10.0.